The van der Waals surface area contributed by atoms with Crippen molar-refractivity contribution in [2.45, 2.75) is 25.2 Å². The van der Waals surface area contributed by atoms with Crippen LogP contribution < -0.4 is 10.1 Å². The summed E-state index contributed by atoms with van der Waals surface area (Å²) in [7, 11) is 1.53. The molecule has 112 valence electrons. The summed E-state index contributed by atoms with van der Waals surface area (Å²) in [6, 6.07) is 5.76. The molecule has 20 heavy (non-hydrogen) atoms. The number of nitrogens with zero attached hydrogens (tertiary/aromatic N) is 1. The molecule has 1 unspecified atom stereocenters. The van der Waals surface area contributed by atoms with E-state index >= 15 is 0 Å². The number of hydrogen-bond donors (Lipinski definition) is 1. The Kier molecular flexibility index (Phi) is 4.88. The molecule has 1 saturated heterocycles. The van der Waals surface area contributed by atoms with E-state index in [1.165, 1.54) is 12.0 Å². The van der Waals surface area contributed by atoms with Crippen molar-refractivity contribution < 1.29 is 17.9 Å². The van der Waals surface area contributed by atoms with Gasteiger partial charge in [-0.15, -0.1) is 0 Å². The van der Waals surface area contributed by atoms with Gasteiger partial charge in [-0.2, -0.15) is 13.2 Å². The molecule has 2 rings (SSSR count). The second-order valence-electron chi connectivity index (χ2n) is 4.90. The Labute approximate surface area is 116 Å². The molecule has 1 heterocycles. The van der Waals surface area contributed by atoms with Crippen molar-refractivity contribution in [3.05, 3.63) is 29.8 Å². The lowest BCUT2D eigenvalue weighted by molar-refractivity contribution is -0.182. The third kappa shape index (κ3) is 3.64. The SMILES string of the molecule is COc1ccccc1CN1CCCNCC1C(F)(F)F. The summed E-state index contributed by atoms with van der Waals surface area (Å²) in [5, 5.41) is 2.86. The second-order valence-corrected chi connectivity index (χ2v) is 4.90. The summed E-state index contributed by atoms with van der Waals surface area (Å²) < 4.78 is 44.6. The van der Waals surface area contributed by atoms with Gasteiger partial charge in [-0.3, -0.25) is 4.90 Å². The van der Waals surface area contributed by atoms with Crippen LogP contribution in [0.15, 0.2) is 24.3 Å². The summed E-state index contributed by atoms with van der Waals surface area (Å²) in [4.78, 5) is 1.48. The van der Waals surface area contributed by atoms with Crippen molar-refractivity contribution >= 4 is 0 Å². The Morgan fingerprint density at radius 1 is 1.35 bits per heavy atom. The van der Waals surface area contributed by atoms with E-state index in [0.717, 1.165) is 5.56 Å². The molecule has 6 heteroatoms. The number of alkyl halides is 3. The number of hydrogen-bond acceptors (Lipinski definition) is 3. The van der Waals surface area contributed by atoms with E-state index in [2.05, 4.69) is 5.32 Å². The molecule has 0 radical (unpaired) electrons. The van der Waals surface area contributed by atoms with Crippen molar-refractivity contribution in [2.24, 2.45) is 0 Å². The van der Waals surface area contributed by atoms with Gasteiger partial charge < -0.3 is 10.1 Å². The van der Waals surface area contributed by atoms with E-state index in [0.29, 0.717) is 25.3 Å². The average molecular weight is 288 g/mol. The fraction of sp³-hybridized carbons (Fsp3) is 0.571. The third-order valence-electron chi connectivity index (χ3n) is 3.52. The summed E-state index contributed by atoms with van der Waals surface area (Å²) in [5.41, 5.74) is 0.783. The first-order valence-corrected chi connectivity index (χ1v) is 6.65. The molecule has 1 aliphatic heterocycles. The van der Waals surface area contributed by atoms with Gasteiger partial charge in [-0.05, 0) is 19.0 Å². The Morgan fingerprint density at radius 3 is 2.80 bits per heavy atom. The quantitative estimate of drug-likeness (QED) is 0.924. The predicted molar refractivity (Wildman–Crippen MR) is 70.7 cm³/mol. The number of halogens is 3. The van der Waals surface area contributed by atoms with Gasteiger partial charge in [0.1, 0.15) is 11.8 Å². The van der Waals surface area contributed by atoms with Crippen LogP contribution in [-0.4, -0.2) is 43.9 Å². The summed E-state index contributed by atoms with van der Waals surface area (Å²) in [6.45, 7) is 1.23. The van der Waals surface area contributed by atoms with Crippen LogP contribution in [0.1, 0.15) is 12.0 Å². The standard InChI is InChI=1S/C14H19F3N2O/c1-20-12-6-3-2-5-11(12)10-19-8-4-7-18-9-13(19)14(15,16)17/h2-3,5-6,13,18H,4,7-10H2,1H3. The molecule has 1 aromatic carbocycles. The molecule has 0 aliphatic carbocycles. The molecule has 1 aliphatic rings. The molecule has 0 saturated carbocycles. The van der Waals surface area contributed by atoms with Crippen LogP contribution in [0.5, 0.6) is 5.75 Å². The Hall–Kier alpha value is -1.27. The van der Waals surface area contributed by atoms with Crippen LogP contribution in [0.25, 0.3) is 0 Å². The first-order valence-electron chi connectivity index (χ1n) is 6.65. The molecule has 1 N–H and O–H groups in total. The van der Waals surface area contributed by atoms with E-state index in [9.17, 15) is 13.2 Å². The van der Waals surface area contributed by atoms with Gasteiger partial charge in [0, 0.05) is 25.2 Å². The van der Waals surface area contributed by atoms with Crippen molar-refractivity contribution in [3.63, 3.8) is 0 Å². The Morgan fingerprint density at radius 2 is 2.10 bits per heavy atom. The van der Waals surface area contributed by atoms with Gasteiger partial charge in [-0.25, -0.2) is 0 Å². The fourth-order valence-corrected chi connectivity index (χ4v) is 2.50. The minimum atomic E-state index is -4.22. The minimum Gasteiger partial charge on any atom is -0.496 e. The summed E-state index contributed by atoms with van der Waals surface area (Å²) >= 11 is 0. The molecule has 0 aromatic heterocycles. The number of ether oxygens (including phenoxy) is 1. The topological polar surface area (TPSA) is 24.5 Å². The average Bonchev–Trinajstić information content (AvgIpc) is 2.64. The zero-order valence-corrected chi connectivity index (χ0v) is 11.4. The predicted octanol–water partition coefficient (Wildman–Crippen LogP) is 2.42. The largest absolute Gasteiger partial charge is 0.496 e. The van der Waals surface area contributed by atoms with Gasteiger partial charge in [0.25, 0.3) is 0 Å². The van der Waals surface area contributed by atoms with E-state index < -0.39 is 12.2 Å². The smallest absolute Gasteiger partial charge is 0.405 e. The van der Waals surface area contributed by atoms with Crippen LogP contribution in [0.2, 0.25) is 0 Å². The van der Waals surface area contributed by atoms with Crippen LogP contribution >= 0.6 is 0 Å². The lowest BCUT2D eigenvalue weighted by atomic mass is 10.1. The number of nitrogens with one attached hydrogen (secondary N) is 1. The van der Waals surface area contributed by atoms with Gasteiger partial charge in [-0.1, -0.05) is 18.2 Å². The van der Waals surface area contributed by atoms with Crippen molar-refractivity contribution in [3.8, 4) is 5.75 Å². The van der Waals surface area contributed by atoms with Crippen molar-refractivity contribution in [1.29, 1.82) is 0 Å². The number of methoxy groups -OCH3 is 1. The number of rotatable bonds is 3. The van der Waals surface area contributed by atoms with Gasteiger partial charge in [0.15, 0.2) is 0 Å². The highest BCUT2D eigenvalue weighted by molar-refractivity contribution is 5.33. The van der Waals surface area contributed by atoms with E-state index in [4.69, 9.17) is 4.74 Å². The highest BCUT2D eigenvalue weighted by Gasteiger charge is 2.43. The number of benzene rings is 1. The molecule has 0 amide bonds. The Bertz CT molecular complexity index is 437. The van der Waals surface area contributed by atoms with Crippen LogP contribution in [-0.2, 0) is 6.54 Å². The maximum absolute atomic E-state index is 13.1. The molecular formula is C14H19F3N2O. The first kappa shape index (κ1) is 15.1. The maximum Gasteiger partial charge on any atom is 0.405 e. The van der Waals surface area contributed by atoms with E-state index in [1.54, 1.807) is 6.07 Å². The molecule has 3 nitrogen and oxygen atoms in total. The molecule has 1 aromatic rings. The zero-order valence-electron chi connectivity index (χ0n) is 11.4. The third-order valence-corrected chi connectivity index (χ3v) is 3.52. The second kappa shape index (κ2) is 6.45. The highest BCUT2D eigenvalue weighted by atomic mass is 19.4. The van der Waals surface area contributed by atoms with Crippen molar-refractivity contribution in [1.82, 2.24) is 10.2 Å². The van der Waals surface area contributed by atoms with Gasteiger partial charge >= 0.3 is 6.18 Å². The van der Waals surface area contributed by atoms with E-state index in [-0.39, 0.29) is 13.1 Å². The van der Waals surface area contributed by atoms with Crippen LogP contribution in [0.4, 0.5) is 13.2 Å². The highest BCUT2D eigenvalue weighted by Crippen LogP contribution is 2.28. The Balaban J connectivity index is 2.19. The molecular weight excluding hydrogens is 269 g/mol. The zero-order chi connectivity index (χ0) is 14.6. The van der Waals surface area contributed by atoms with Gasteiger partial charge in [0.05, 0.1) is 7.11 Å². The number of para-hydroxylation sites is 1. The lowest BCUT2D eigenvalue weighted by Gasteiger charge is -2.31. The minimum absolute atomic E-state index is 0.0569. The molecule has 0 bridgehead atoms. The van der Waals surface area contributed by atoms with E-state index in [1.807, 2.05) is 18.2 Å². The molecule has 0 spiro atoms. The normalized spacial score (nSPS) is 21.5. The summed E-state index contributed by atoms with van der Waals surface area (Å²) in [5.74, 6) is 0.630. The van der Waals surface area contributed by atoms with Crippen LogP contribution in [0, 0.1) is 0 Å². The monoisotopic (exact) mass is 288 g/mol. The molecule has 1 fully saturated rings. The fourth-order valence-electron chi connectivity index (χ4n) is 2.50. The molecule has 1 atom stereocenters. The maximum atomic E-state index is 13.1. The lowest BCUT2D eigenvalue weighted by Crippen LogP contribution is -2.49. The first-order chi connectivity index (χ1) is 9.52. The van der Waals surface area contributed by atoms with Gasteiger partial charge in [0.2, 0.25) is 0 Å². The van der Waals surface area contributed by atoms with Crippen LogP contribution in [0.3, 0.4) is 0 Å². The summed E-state index contributed by atoms with van der Waals surface area (Å²) in [6.07, 6.45) is -3.51. The van der Waals surface area contributed by atoms with Crippen molar-refractivity contribution in [2.75, 3.05) is 26.7 Å².